The molecule has 2 N–H and O–H groups in total. The quantitative estimate of drug-likeness (QED) is 0.819. The van der Waals surface area contributed by atoms with Crippen LogP contribution in [0.4, 0.5) is 0 Å². The maximum Gasteiger partial charge on any atom is 0.352 e. The molecule has 4 nitrogen and oxygen atoms in total. The minimum atomic E-state index is -1.19. The highest BCUT2D eigenvalue weighted by Gasteiger charge is 2.13. The maximum absolute atomic E-state index is 12.1. The summed E-state index contributed by atoms with van der Waals surface area (Å²) >= 11 is 3.32. The van der Waals surface area contributed by atoms with Crippen LogP contribution in [-0.2, 0) is 4.79 Å². The van der Waals surface area contributed by atoms with Crippen LogP contribution in [0.25, 0.3) is 6.08 Å². The number of carbonyl (C=O) groups excluding carboxylic acids is 1. The van der Waals surface area contributed by atoms with Gasteiger partial charge >= 0.3 is 5.97 Å². The summed E-state index contributed by atoms with van der Waals surface area (Å²) < 4.78 is 0.829. The molecule has 0 saturated carbocycles. The first kappa shape index (κ1) is 16.0. The molecule has 5 heteroatoms. The van der Waals surface area contributed by atoms with Crippen LogP contribution in [0.3, 0.4) is 0 Å². The standard InChI is InChI=1S/C17H14BrNO3/c1-11-5-7-13(8-6-11)16(20)19-15(17(21)22)10-12-3-2-4-14(18)9-12/h2-10H,1H3,(H,19,20)(H,21,22)/b15-10+. The fourth-order valence-corrected chi connectivity index (χ4v) is 2.23. The molecule has 0 fully saturated rings. The molecule has 0 atom stereocenters. The molecule has 0 heterocycles. The minimum absolute atomic E-state index is 0.177. The molecule has 0 spiro atoms. The van der Waals surface area contributed by atoms with E-state index >= 15 is 0 Å². The largest absolute Gasteiger partial charge is 0.477 e. The van der Waals surface area contributed by atoms with E-state index in [0.717, 1.165) is 10.0 Å². The van der Waals surface area contributed by atoms with Gasteiger partial charge < -0.3 is 10.4 Å². The van der Waals surface area contributed by atoms with E-state index in [1.807, 2.05) is 13.0 Å². The third-order valence-electron chi connectivity index (χ3n) is 2.95. The van der Waals surface area contributed by atoms with Crippen molar-refractivity contribution < 1.29 is 14.7 Å². The molecule has 0 aliphatic rings. The van der Waals surface area contributed by atoms with Crippen LogP contribution in [0, 0.1) is 6.92 Å². The number of rotatable bonds is 4. The fourth-order valence-electron chi connectivity index (χ4n) is 1.81. The minimum Gasteiger partial charge on any atom is -0.477 e. The number of hydrogen-bond acceptors (Lipinski definition) is 2. The highest BCUT2D eigenvalue weighted by atomic mass is 79.9. The zero-order chi connectivity index (χ0) is 16.1. The number of amides is 1. The van der Waals surface area contributed by atoms with Gasteiger partial charge in [-0.2, -0.15) is 0 Å². The van der Waals surface area contributed by atoms with Crippen LogP contribution in [0.1, 0.15) is 21.5 Å². The van der Waals surface area contributed by atoms with Crippen molar-refractivity contribution in [1.29, 1.82) is 0 Å². The lowest BCUT2D eigenvalue weighted by molar-refractivity contribution is -0.132. The molecule has 2 rings (SSSR count). The Morgan fingerprint density at radius 1 is 1.14 bits per heavy atom. The van der Waals surface area contributed by atoms with Gasteiger partial charge in [0.2, 0.25) is 0 Å². The SMILES string of the molecule is Cc1ccc(C(=O)N/C(=C/c2cccc(Br)c2)C(=O)O)cc1. The zero-order valence-electron chi connectivity index (χ0n) is 11.8. The van der Waals surface area contributed by atoms with Crippen molar-refractivity contribution in [3.05, 3.63) is 75.4 Å². The van der Waals surface area contributed by atoms with Gasteiger partial charge in [0, 0.05) is 10.0 Å². The molecule has 0 aliphatic carbocycles. The summed E-state index contributed by atoms with van der Waals surface area (Å²) in [6.07, 6.45) is 1.42. The Bertz CT molecular complexity index is 736. The molecule has 2 aromatic rings. The second-order valence-corrected chi connectivity index (χ2v) is 5.65. The number of nitrogens with one attached hydrogen (secondary N) is 1. The van der Waals surface area contributed by atoms with Crippen molar-refractivity contribution in [3.63, 3.8) is 0 Å². The van der Waals surface area contributed by atoms with Crippen molar-refractivity contribution in [2.45, 2.75) is 6.92 Å². The first-order valence-electron chi connectivity index (χ1n) is 6.54. The van der Waals surface area contributed by atoms with E-state index in [-0.39, 0.29) is 5.70 Å². The van der Waals surface area contributed by atoms with Crippen molar-refractivity contribution >= 4 is 33.9 Å². The third kappa shape index (κ3) is 4.30. The number of benzene rings is 2. The Hall–Kier alpha value is -2.40. The van der Waals surface area contributed by atoms with E-state index in [9.17, 15) is 14.7 Å². The summed E-state index contributed by atoms with van der Waals surface area (Å²) in [4.78, 5) is 23.4. The Labute approximate surface area is 136 Å². The van der Waals surface area contributed by atoms with E-state index in [1.54, 1.807) is 42.5 Å². The predicted octanol–water partition coefficient (Wildman–Crippen LogP) is 3.61. The highest BCUT2D eigenvalue weighted by molar-refractivity contribution is 9.10. The third-order valence-corrected chi connectivity index (χ3v) is 3.45. The number of halogens is 1. The molecule has 22 heavy (non-hydrogen) atoms. The maximum atomic E-state index is 12.1. The van der Waals surface area contributed by atoms with Gasteiger partial charge in [0.15, 0.2) is 0 Å². The summed E-state index contributed by atoms with van der Waals surface area (Å²) in [7, 11) is 0. The summed E-state index contributed by atoms with van der Waals surface area (Å²) in [5.74, 6) is -1.65. The lowest BCUT2D eigenvalue weighted by Crippen LogP contribution is -2.27. The molecule has 2 aromatic carbocycles. The smallest absolute Gasteiger partial charge is 0.352 e. The van der Waals surface area contributed by atoms with E-state index < -0.39 is 11.9 Å². The van der Waals surface area contributed by atoms with Gasteiger partial charge in [-0.05, 0) is 42.8 Å². The molecule has 0 unspecified atom stereocenters. The average molecular weight is 360 g/mol. The molecular formula is C17H14BrNO3. The van der Waals surface area contributed by atoms with Crippen molar-refractivity contribution in [2.24, 2.45) is 0 Å². The lowest BCUT2D eigenvalue weighted by Gasteiger charge is -2.07. The first-order chi connectivity index (χ1) is 10.5. The molecule has 0 bridgehead atoms. The van der Waals surface area contributed by atoms with Crippen molar-refractivity contribution in [2.75, 3.05) is 0 Å². The van der Waals surface area contributed by atoms with Gasteiger partial charge in [-0.3, -0.25) is 4.79 Å². The topological polar surface area (TPSA) is 66.4 Å². The molecule has 112 valence electrons. The van der Waals surface area contributed by atoms with Crippen LogP contribution < -0.4 is 5.32 Å². The van der Waals surface area contributed by atoms with Crippen molar-refractivity contribution in [3.8, 4) is 0 Å². The van der Waals surface area contributed by atoms with Crippen LogP contribution in [0.5, 0.6) is 0 Å². The Morgan fingerprint density at radius 2 is 1.82 bits per heavy atom. The van der Waals surface area contributed by atoms with Crippen LogP contribution in [0.2, 0.25) is 0 Å². The highest BCUT2D eigenvalue weighted by Crippen LogP contribution is 2.14. The second kappa shape index (κ2) is 7.04. The van der Waals surface area contributed by atoms with Gasteiger partial charge in [-0.15, -0.1) is 0 Å². The summed E-state index contributed by atoms with van der Waals surface area (Å²) in [6.45, 7) is 1.91. The number of carbonyl (C=O) groups is 2. The van der Waals surface area contributed by atoms with Gasteiger partial charge in [-0.1, -0.05) is 45.8 Å². The molecular weight excluding hydrogens is 346 g/mol. The average Bonchev–Trinajstić information content (AvgIpc) is 2.47. The number of carboxylic acids is 1. The Morgan fingerprint density at radius 3 is 2.41 bits per heavy atom. The predicted molar refractivity (Wildman–Crippen MR) is 88.4 cm³/mol. The van der Waals surface area contributed by atoms with Gasteiger partial charge in [0.1, 0.15) is 5.70 Å². The first-order valence-corrected chi connectivity index (χ1v) is 7.33. The summed E-state index contributed by atoms with van der Waals surface area (Å²) in [6, 6.07) is 14.1. The van der Waals surface area contributed by atoms with Gasteiger partial charge in [0.25, 0.3) is 5.91 Å². The van der Waals surface area contributed by atoms with Gasteiger partial charge in [0.05, 0.1) is 0 Å². The van der Waals surface area contributed by atoms with Gasteiger partial charge in [-0.25, -0.2) is 4.79 Å². The monoisotopic (exact) mass is 359 g/mol. The number of hydrogen-bond donors (Lipinski definition) is 2. The van der Waals surface area contributed by atoms with E-state index in [4.69, 9.17) is 0 Å². The summed E-state index contributed by atoms with van der Waals surface area (Å²) in [5, 5.41) is 11.7. The molecule has 0 aliphatic heterocycles. The summed E-state index contributed by atoms with van der Waals surface area (Å²) in [5.41, 5.74) is 1.94. The van der Waals surface area contributed by atoms with E-state index in [0.29, 0.717) is 11.1 Å². The zero-order valence-corrected chi connectivity index (χ0v) is 13.4. The molecule has 1 amide bonds. The Kier molecular flexibility index (Phi) is 5.12. The number of aliphatic carboxylic acids is 1. The fraction of sp³-hybridized carbons (Fsp3) is 0.0588. The normalized spacial score (nSPS) is 11.1. The van der Waals surface area contributed by atoms with Crippen LogP contribution in [-0.4, -0.2) is 17.0 Å². The van der Waals surface area contributed by atoms with E-state index in [1.165, 1.54) is 6.08 Å². The lowest BCUT2D eigenvalue weighted by atomic mass is 10.1. The number of aryl methyl sites for hydroxylation is 1. The molecule has 0 saturated heterocycles. The second-order valence-electron chi connectivity index (χ2n) is 4.74. The number of carboxylic acid groups (broad SMARTS) is 1. The van der Waals surface area contributed by atoms with Crippen molar-refractivity contribution in [1.82, 2.24) is 5.32 Å². The van der Waals surface area contributed by atoms with Crippen LogP contribution in [0.15, 0.2) is 58.7 Å². The van der Waals surface area contributed by atoms with Crippen LogP contribution >= 0.6 is 15.9 Å². The van der Waals surface area contributed by atoms with E-state index in [2.05, 4.69) is 21.2 Å². The Balaban J connectivity index is 2.24. The molecule has 0 aromatic heterocycles. The molecule has 0 radical (unpaired) electrons.